The van der Waals surface area contributed by atoms with E-state index in [-0.39, 0.29) is 0 Å². The first-order valence-corrected chi connectivity index (χ1v) is 3.60. The van der Waals surface area contributed by atoms with Gasteiger partial charge in [-0.25, -0.2) is 4.79 Å². The molecule has 1 N–H and O–H groups in total. The first-order valence-electron chi connectivity index (χ1n) is 3.60. The first-order chi connectivity index (χ1) is 5.22. The van der Waals surface area contributed by atoms with Gasteiger partial charge in [-0.15, -0.1) is 0 Å². The van der Waals surface area contributed by atoms with Gasteiger partial charge in [0, 0.05) is 0 Å². The van der Waals surface area contributed by atoms with Crippen LogP contribution in [0.4, 0.5) is 4.79 Å². The summed E-state index contributed by atoms with van der Waals surface area (Å²) in [6, 6.07) is 0. The van der Waals surface area contributed by atoms with Crippen molar-refractivity contribution in [1.82, 2.24) is 5.32 Å². The summed E-state index contributed by atoms with van der Waals surface area (Å²) in [5, 5.41) is 2.75. The van der Waals surface area contributed by atoms with Crippen LogP contribution in [0.15, 0.2) is 0 Å². The van der Waals surface area contributed by atoms with Crippen LogP contribution in [0.5, 0.6) is 0 Å². The zero-order valence-corrected chi connectivity index (χ0v) is 7.64. The molecule has 0 heterocycles. The Hall–Kier alpha value is -0.770. The Morgan fingerprint density at radius 3 is 1.64 bits per heavy atom. The minimum absolute atomic E-state index is 0.374. The molecular weight excluding hydrogens is 146 g/mol. The van der Waals surface area contributed by atoms with E-state index in [1.165, 1.54) is 0 Å². The van der Waals surface area contributed by atoms with Crippen molar-refractivity contribution in [3.63, 3.8) is 0 Å². The molecule has 0 radical (unpaired) electrons. The van der Waals surface area contributed by atoms with Crippen molar-refractivity contribution in [3.8, 4) is 0 Å². The van der Waals surface area contributed by atoms with Crippen LogP contribution in [-0.2, 0) is 9.47 Å². The maximum atomic E-state index is 10.2. The molecule has 0 spiro atoms. The third-order valence-electron chi connectivity index (χ3n) is 0.524. The fraction of sp³-hybridized carbons (Fsp3) is 0.857. The highest BCUT2D eigenvalue weighted by Gasteiger charge is 1.96. The maximum absolute atomic E-state index is 10.2. The fourth-order valence-corrected chi connectivity index (χ4v) is 0.277. The Labute approximate surface area is 67.9 Å². The molecule has 0 unspecified atom stereocenters. The highest BCUT2D eigenvalue weighted by Crippen LogP contribution is 1.81. The summed E-state index contributed by atoms with van der Waals surface area (Å²) < 4.78 is 8.84. The standard InChI is InChI=1S/C5H10O3.C2H7N/c1-3-7-5(6)8-4-2;1-3-2/h3-4H2,1-2H3;3H,1-2H3. The molecule has 0 rings (SSSR count). The molecule has 0 aromatic carbocycles. The third kappa shape index (κ3) is 17.6. The van der Waals surface area contributed by atoms with E-state index in [2.05, 4.69) is 14.8 Å². The van der Waals surface area contributed by atoms with Gasteiger partial charge in [0.15, 0.2) is 0 Å². The third-order valence-corrected chi connectivity index (χ3v) is 0.524. The van der Waals surface area contributed by atoms with Crippen molar-refractivity contribution in [3.05, 3.63) is 0 Å². The second kappa shape index (κ2) is 12.0. The van der Waals surface area contributed by atoms with Gasteiger partial charge in [-0.3, -0.25) is 0 Å². The molecule has 0 aromatic heterocycles. The van der Waals surface area contributed by atoms with E-state index < -0.39 is 6.16 Å². The number of hydrogen-bond donors (Lipinski definition) is 1. The molecule has 0 aliphatic carbocycles. The van der Waals surface area contributed by atoms with Gasteiger partial charge in [-0.2, -0.15) is 0 Å². The lowest BCUT2D eigenvalue weighted by atomic mass is 10.8. The summed E-state index contributed by atoms with van der Waals surface area (Å²) in [5.74, 6) is 0. The van der Waals surface area contributed by atoms with Gasteiger partial charge in [0.05, 0.1) is 13.2 Å². The molecule has 0 aliphatic heterocycles. The van der Waals surface area contributed by atoms with E-state index in [9.17, 15) is 4.79 Å². The van der Waals surface area contributed by atoms with Gasteiger partial charge in [0.2, 0.25) is 0 Å². The summed E-state index contributed by atoms with van der Waals surface area (Å²) >= 11 is 0. The number of nitrogens with one attached hydrogen (secondary N) is 1. The van der Waals surface area contributed by atoms with E-state index in [0.717, 1.165) is 0 Å². The van der Waals surface area contributed by atoms with Crippen molar-refractivity contribution < 1.29 is 14.3 Å². The second-order valence-electron chi connectivity index (χ2n) is 1.62. The van der Waals surface area contributed by atoms with E-state index in [1.807, 2.05) is 14.1 Å². The van der Waals surface area contributed by atoms with Crippen molar-refractivity contribution in [2.75, 3.05) is 27.3 Å². The Kier molecular flexibility index (Phi) is 14.0. The second-order valence-corrected chi connectivity index (χ2v) is 1.62. The number of hydrogen-bond acceptors (Lipinski definition) is 4. The van der Waals surface area contributed by atoms with Gasteiger partial charge >= 0.3 is 6.16 Å². The smallest absolute Gasteiger partial charge is 0.435 e. The predicted octanol–water partition coefficient (Wildman–Crippen LogP) is 1.02. The van der Waals surface area contributed by atoms with Gasteiger partial charge in [-0.05, 0) is 27.9 Å². The summed E-state index contributed by atoms with van der Waals surface area (Å²) in [4.78, 5) is 10.2. The van der Waals surface area contributed by atoms with Crippen LogP contribution < -0.4 is 5.32 Å². The van der Waals surface area contributed by atoms with Crippen LogP contribution in [0.25, 0.3) is 0 Å². The van der Waals surface area contributed by atoms with Crippen molar-refractivity contribution >= 4 is 6.16 Å². The molecule has 0 aliphatic rings. The highest BCUT2D eigenvalue weighted by molar-refractivity contribution is 5.59. The van der Waals surface area contributed by atoms with Crippen molar-refractivity contribution in [2.45, 2.75) is 13.8 Å². The monoisotopic (exact) mass is 163 g/mol. The number of ether oxygens (including phenoxy) is 2. The Balaban J connectivity index is 0. The number of rotatable bonds is 2. The quantitative estimate of drug-likeness (QED) is 0.617. The summed E-state index contributed by atoms with van der Waals surface area (Å²) in [6.45, 7) is 4.21. The maximum Gasteiger partial charge on any atom is 0.508 e. The molecule has 0 saturated heterocycles. The normalized spacial score (nSPS) is 7.64. The summed E-state index contributed by atoms with van der Waals surface area (Å²) in [5.41, 5.74) is 0. The van der Waals surface area contributed by atoms with Gasteiger partial charge in [-0.1, -0.05) is 0 Å². The number of carbonyl (C=O) groups is 1. The largest absolute Gasteiger partial charge is 0.508 e. The lowest BCUT2D eigenvalue weighted by Gasteiger charge is -1.98. The van der Waals surface area contributed by atoms with E-state index >= 15 is 0 Å². The molecule has 0 amide bonds. The molecule has 11 heavy (non-hydrogen) atoms. The lowest BCUT2D eigenvalue weighted by Crippen LogP contribution is -2.05. The average molecular weight is 163 g/mol. The van der Waals surface area contributed by atoms with Crippen molar-refractivity contribution in [2.24, 2.45) is 0 Å². The molecule has 0 saturated carbocycles. The Morgan fingerprint density at radius 2 is 1.45 bits per heavy atom. The molecule has 68 valence electrons. The fourth-order valence-electron chi connectivity index (χ4n) is 0.277. The molecule has 0 bridgehead atoms. The highest BCUT2D eigenvalue weighted by atomic mass is 16.7. The van der Waals surface area contributed by atoms with Crippen LogP contribution >= 0.6 is 0 Å². The molecule has 0 atom stereocenters. The zero-order chi connectivity index (χ0) is 9.11. The van der Waals surface area contributed by atoms with Gasteiger partial charge in [0.1, 0.15) is 0 Å². The molecule has 4 nitrogen and oxygen atoms in total. The minimum atomic E-state index is -0.588. The van der Waals surface area contributed by atoms with Crippen LogP contribution in [0, 0.1) is 0 Å². The lowest BCUT2D eigenvalue weighted by molar-refractivity contribution is 0.0630. The Morgan fingerprint density at radius 1 is 1.18 bits per heavy atom. The van der Waals surface area contributed by atoms with E-state index in [4.69, 9.17) is 0 Å². The van der Waals surface area contributed by atoms with E-state index in [0.29, 0.717) is 13.2 Å². The zero-order valence-electron chi connectivity index (χ0n) is 7.64. The summed E-state index contributed by atoms with van der Waals surface area (Å²) in [7, 11) is 3.75. The molecular formula is C7H17NO3. The first kappa shape index (κ1) is 12.9. The Bertz CT molecular complexity index is 77.8. The van der Waals surface area contributed by atoms with E-state index in [1.54, 1.807) is 13.8 Å². The van der Waals surface area contributed by atoms with Gasteiger partial charge in [0.25, 0.3) is 0 Å². The van der Waals surface area contributed by atoms with Gasteiger partial charge < -0.3 is 14.8 Å². The van der Waals surface area contributed by atoms with Crippen LogP contribution in [0.3, 0.4) is 0 Å². The minimum Gasteiger partial charge on any atom is -0.435 e. The van der Waals surface area contributed by atoms with Crippen LogP contribution in [0.2, 0.25) is 0 Å². The molecule has 0 fully saturated rings. The molecule has 0 aromatic rings. The topological polar surface area (TPSA) is 47.6 Å². The number of carbonyl (C=O) groups excluding carboxylic acids is 1. The van der Waals surface area contributed by atoms with Crippen LogP contribution in [-0.4, -0.2) is 33.5 Å². The van der Waals surface area contributed by atoms with Crippen LogP contribution in [0.1, 0.15) is 13.8 Å². The van der Waals surface area contributed by atoms with Crippen molar-refractivity contribution in [1.29, 1.82) is 0 Å². The average Bonchev–Trinajstić information content (AvgIpc) is 1.90. The summed E-state index contributed by atoms with van der Waals surface area (Å²) in [6.07, 6.45) is -0.588. The SMILES string of the molecule is CCOC(=O)OCC.CNC. The predicted molar refractivity (Wildman–Crippen MR) is 43.6 cm³/mol. The molecule has 4 heteroatoms.